The lowest BCUT2D eigenvalue weighted by molar-refractivity contribution is -0.115. The number of anilines is 2. The second-order valence-electron chi connectivity index (χ2n) is 6.01. The lowest BCUT2D eigenvalue weighted by Gasteiger charge is -2.20. The zero-order valence-corrected chi connectivity index (χ0v) is 18.0. The third-order valence-corrected chi connectivity index (χ3v) is 6.22. The van der Waals surface area contributed by atoms with E-state index in [4.69, 9.17) is 4.98 Å². The van der Waals surface area contributed by atoms with Gasteiger partial charge in [-0.05, 0) is 43.7 Å². The molecule has 0 fully saturated rings. The van der Waals surface area contributed by atoms with Gasteiger partial charge in [0.2, 0.25) is 5.91 Å². The molecule has 26 heavy (non-hydrogen) atoms. The summed E-state index contributed by atoms with van der Waals surface area (Å²) < 4.78 is 1.07. The molecule has 3 nitrogen and oxygen atoms in total. The van der Waals surface area contributed by atoms with E-state index >= 15 is 0 Å². The normalized spacial score (nSPS) is 10.8. The van der Waals surface area contributed by atoms with Crippen LogP contribution in [-0.2, 0) is 10.5 Å². The summed E-state index contributed by atoms with van der Waals surface area (Å²) >= 11 is 6.73. The van der Waals surface area contributed by atoms with Gasteiger partial charge >= 0.3 is 0 Å². The Balaban J connectivity index is 1.80. The van der Waals surface area contributed by atoms with Gasteiger partial charge in [-0.2, -0.15) is 0 Å². The predicted molar refractivity (Wildman–Crippen MR) is 115 cm³/mol. The van der Waals surface area contributed by atoms with Gasteiger partial charge in [0.15, 0.2) is 5.13 Å². The highest BCUT2D eigenvalue weighted by atomic mass is 79.9. The molecule has 0 saturated carbocycles. The van der Waals surface area contributed by atoms with Crippen molar-refractivity contribution in [3.63, 3.8) is 0 Å². The first-order chi connectivity index (χ1) is 12.4. The van der Waals surface area contributed by atoms with Crippen molar-refractivity contribution in [2.24, 2.45) is 0 Å². The van der Waals surface area contributed by atoms with Crippen molar-refractivity contribution in [2.75, 3.05) is 4.90 Å². The Morgan fingerprint density at radius 1 is 1.23 bits per heavy atom. The van der Waals surface area contributed by atoms with Gasteiger partial charge in [-0.1, -0.05) is 39.7 Å². The van der Waals surface area contributed by atoms with Gasteiger partial charge in [-0.25, -0.2) is 4.98 Å². The quantitative estimate of drug-likeness (QED) is 0.419. The van der Waals surface area contributed by atoms with Crippen LogP contribution in [0.1, 0.15) is 23.7 Å². The number of thioether (sulfide) groups is 1. The van der Waals surface area contributed by atoms with E-state index in [1.165, 1.54) is 21.8 Å². The molecule has 0 N–H and O–H groups in total. The molecular formula is C20H19BrN2OS2. The Kier molecular flexibility index (Phi) is 6.16. The lowest BCUT2D eigenvalue weighted by atomic mass is 10.1. The number of carbonyl (C=O) groups is 1. The number of rotatable bonds is 5. The topological polar surface area (TPSA) is 33.2 Å². The summed E-state index contributed by atoms with van der Waals surface area (Å²) in [6.45, 7) is 5.65. The largest absolute Gasteiger partial charge is 0.274 e. The molecule has 0 unspecified atom stereocenters. The van der Waals surface area contributed by atoms with Crippen LogP contribution in [0.5, 0.6) is 0 Å². The van der Waals surface area contributed by atoms with Crippen molar-refractivity contribution in [1.82, 2.24) is 4.98 Å². The van der Waals surface area contributed by atoms with Crippen LogP contribution < -0.4 is 4.90 Å². The first-order valence-electron chi connectivity index (χ1n) is 8.15. The van der Waals surface area contributed by atoms with Gasteiger partial charge in [0, 0.05) is 27.4 Å². The molecule has 0 aliphatic carbocycles. The molecule has 0 bridgehead atoms. The summed E-state index contributed by atoms with van der Waals surface area (Å²) in [4.78, 5) is 19.9. The Labute approximate surface area is 170 Å². The number of aromatic nitrogens is 1. The fraction of sp³-hybridized carbons (Fsp3) is 0.200. The maximum absolute atomic E-state index is 12.3. The lowest BCUT2D eigenvalue weighted by Crippen LogP contribution is -2.23. The van der Waals surface area contributed by atoms with Gasteiger partial charge in [0.25, 0.3) is 0 Å². The second-order valence-corrected chi connectivity index (χ2v) is 8.81. The van der Waals surface area contributed by atoms with E-state index in [1.807, 2.05) is 36.6 Å². The minimum atomic E-state index is -0.0301. The number of nitrogens with zero attached hydrogens (tertiary/aromatic N) is 2. The third kappa shape index (κ3) is 4.55. The monoisotopic (exact) mass is 446 g/mol. The summed E-state index contributed by atoms with van der Waals surface area (Å²) in [7, 11) is 0. The molecule has 1 aromatic heterocycles. The van der Waals surface area contributed by atoms with Crippen molar-refractivity contribution in [3.8, 4) is 0 Å². The van der Waals surface area contributed by atoms with Crippen LogP contribution >= 0.6 is 39.0 Å². The molecule has 0 spiro atoms. The van der Waals surface area contributed by atoms with E-state index in [2.05, 4.69) is 41.1 Å². The van der Waals surface area contributed by atoms with Crippen molar-refractivity contribution in [1.29, 1.82) is 0 Å². The molecule has 0 aliphatic heterocycles. The number of carbonyl (C=O) groups excluding carboxylic acids is 1. The van der Waals surface area contributed by atoms with E-state index in [1.54, 1.807) is 23.6 Å². The second kappa shape index (κ2) is 8.37. The summed E-state index contributed by atoms with van der Waals surface area (Å²) in [5.41, 5.74) is 4.12. The average Bonchev–Trinajstić information content (AvgIpc) is 3.03. The van der Waals surface area contributed by atoms with Crippen LogP contribution in [0.4, 0.5) is 10.8 Å². The molecule has 2 aromatic carbocycles. The zero-order valence-electron chi connectivity index (χ0n) is 14.8. The summed E-state index contributed by atoms with van der Waals surface area (Å²) in [6.07, 6.45) is 0. The number of aryl methyl sites for hydroxylation is 2. The van der Waals surface area contributed by atoms with Crippen LogP contribution in [0, 0.1) is 13.8 Å². The molecular weight excluding hydrogens is 428 g/mol. The molecule has 0 aliphatic rings. The highest BCUT2D eigenvalue weighted by Crippen LogP contribution is 2.33. The van der Waals surface area contributed by atoms with E-state index in [-0.39, 0.29) is 5.91 Å². The van der Waals surface area contributed by atoms with Gasteiger partial charge in [-0.15, -0.1) is 23.1 Å². The average molecular weight is 447 g/mol. The summed E-state index contributed by atoms with van der Waals surface area (Å²) in [5, 5.41) is 2.74. The Morgan fingerprint density at radius 3 is 2.73 bits per heavy atom. The number of thiazole rings is 1. The Hall–Kier alpha value is -1.63. The van der Waals surface area contributed by atoms with Gasteiger partial charge in [0.1, 0.15) is 0 Å². The van der Waals surface area contributed by atoms with Crippen molar-refractivity contribution < 1.29 is 4.79 Å². The maximum atomic E-state index is 12.3. The first-order valence-corrected chi connectivity index (χ1v) is 10.8. The highest BCUT2D eigenvalue weighted by Gasteiger charge is 2.19. The van der Waals surface area contributed by atoms with Gasteiger partial charge in [0.05, 0.1) is 11.4 Å². The van der Waals surface area contributed by atoms with Gasteiger partial charge < -0.3 is 0 Å². The van der Waals surface area contributed by atoms with Crippen LogP contribution in [0.25, 0.3) is 0 Å². The molecule has 1 amide bonds. The van der Waals surface area contributed by atoms with Crippen LogP contribution in [-0.4, -0.2) is 10.9 Å². The van der Waals surface area contributed by atoms with Crippen LogP contribution in [0.2, 0.25) is 0 Å². The Bertz CT molecular complexity index is 939. The number of hydrogen-bond acceptors (Lipinski definition) is 4. The fourth-order valence-corrected chi connectivity index (χ4v) is 5.03. The smallest absolute Gasteiger partial charge is 0.230 e. The SMILES string of the molecule is CC(=O)N(c1nc(CSc2cccc(Br)c2)cs1)c1ccc(C)cc1C. The number of halogens is 1. The zero-order chi connectivity index (χ0) is 18.7. The fourth-order valence-electron chi connectivity index (χ4n) is 2.64. The molecule has 3 aromatic rings. The summed E-state index contributed by atoms with van der Waals surface area (Å²) in [6, 6.07) is 14.3. The molecule has 0 saturated heterocycles. The third-order valence-electron chi connectivity index (χ3n) is 3.82. The molecule has 0 atom stereocenters. The summed E-state index contributed by atoms with van der Waals surface area (Å²) in [5.74, 6) is 0.739. The van der Waals surface area contributed by atoms with E-state index < -0.39 is 0 Å². The predicted octanol–water partition coefficient (Wildman–Crippen LogP) is 6.50. The van der Waals surface area contributed by atoms with E-state index in [0.29, 0.717) is 5.13 Å². The molecule has 6 heteroatoms. The van der Waals surface area contributed by atoms with E-state index in [0.717, 1.165) is 27.2 Å². The molecule has 0 radical (unpaired) electrons. The number of benzene rings is 2. The van der Waals surface area contributed by atoms with Crippen molar-refractivity contribution in [2.45, 2.75) is 31.4 Å². The standard InChI is InChI=1S/C20H19BrN2OS2/c1-13-7-8-19(14(2)9-13)23(15(3)24)20-22-17(12-26-20)11-25-18-6-4-5-16(21)10-18/h4-10,12H,11H2,1-3H3. The van der Waals surface area contributed by atoms with Crippen LogP contribution in [0.15, 0.2) is 57.2 Å². The minimum Gasteiger partial charge on any atom is -0.274 e. The molecule has 3 rings (SSSR count). The van der Waals surface area contributed by atoms with Gasteiger partial charge in [-0.3, -0.25) is 9.69 Å². The number of amides is 1. The van der Waals surface area contributed by atoms with Crippen LogP contribution in [0.3, 0.4) is 0 Å². The highest BCUT2D eigenvalue weighted by molar-refractivity contribution is 9.10. The Morgan fingerprint density at radius 2 is 2.04 bits per heavy atom. The van der Waals surface area contributed by atoms with E-state index in [9.17, 15) is 4.79 Å². The van der Waals surface area contributed by atoms with Crippen molar-refractivity contribution in [3.05, 3.63) is 69.1 Å². The minimum absolute atomic E-state index is 0.0301. The first kappa shape index (κ1) is 19.1. The maximum Gasteiger partial charge on any atom is 0.230 e. The molecule has 1 heterocycles. The molecule has 134 valence electrons. The van der Waals surface area contributed by atoms with Crippen molar-refractivity contribution >= 4 is 55.8 Å². The number of hydrogen-bond donors (Lipinski definition) is 0.